The van der Waals surface area contributed by atoms with E-state index < -0.39 is 0 Å². The van der Waals surface area contributed by atoms with Crippen LogP contribution in [-0.4, -0.2) is 16.1 Å². The van der Waals surface area contributed by atoms with Gasteiger partial charge in [0.05, 0.1) is 6.33 Å². The summed E-state index contributed by atoms with van der Waals surface area (Å²) in [4.78, 5) is 17.3. The Morgan fingerprint density at radius 3 is 3.25 bits per heavy atom. The number of hydrogen-bond acceptors (Lipinski definition) is 3. The van der Waals surface area contributed by atoms with Crippen LogP contribution in [0, 0.1) is 0 Å². The van der Waals surface area contributed by atoms with E-state index in [1.54, 1.807) is 0 Å². The lowest BCUT2D eigenvalue weighted by atomic mass is 10.6. The van der Waals surface area contributed by atoms with Crippen LogP contribution >= 0.6 is 0 Å². The lowest BCUT2D eigenvalue weighted by Crippen LogP contribution is -2.19. The maximum atomic E-state index is 11.0. The minimum Gasteiger partial charge on any atom is -0.299 e. The van der Waals surface area contributed by atoms with Gasteiger partial charge in [0.2, 0.25) is 0 Å². The Balaban J connectivity index is 2.69. The van der Waals surface area contributed by atoms with Gasteiger partial charge in [-0.2, -0.15) is 0 Å². The minimum absolute atomic E-state index is 0.141. The average Bonchev–Trinajstić information content (AvgIpc) is 2.09. The summed E-state index contributed by atoms with van der Waals surface area (Å²) in [6.45, 7) is 0.638. The first-order valence-corrected chi connectivity index (χ1v) is 3.36. The molecule has 0 aliphatic carbocycles. The normalized spacial score (nSPS) is 9.00. The maximum absolute atomic E-state index is 11.0. The van der Waals surface area contributed by atoms with E-state index >= 15 is 0 Å². The van der Waals surface area contributed by atoms with Gasteiger partial charge in [0.1, 0.15) is 0 Å². The topological polar surface area (TPSA) is 83.7 Å². The lowest BCUT2D eigenvalue weighted by molar-refractivity contribution is 0.663. The molecule has 0 aromatic carbocycles. The van der Waals surface area contributed by atoms with E-state index in [1.165, 1.54) is 23.2 Å². The zero-order valence-electron chi connectivity index (χ0n) is 6.29. The van der Waals surface area contributed by atoms with Crippen LogP contribution in [0.4, 0.5) is 0 Å². The minimum atomic E-state index is -0.141. The fourth-order valence-electron chi connectivity index (χ4n) is 0.744. The van der Waals surface area contributed by atoms with Crippen molar-refractivity contribution < 1.29 is 0 Å². The Morgan fingerprint density at radius 1 is 1.75 bits per heavy atom. The molecule has 0 fully saturated rings. The molecule has 0 saturated heterocycles. The summed E-state index contributed by atoms with van der Waals surface area (Å²) in [6.07, 6.45) is 2.83. The fourth-order valence-corrected chi connectivity index (χ4v) is 0.744. The fraction of sp³-hybridized carbons (Fsp3) is 0.333. The molecule has 0 amide bonds. The molecule has 62 valence electrons. The van der Waals surface area contributed by atoms with Crippen molar-refractivity contribution in [1.82, 2.24) is 9.55 Å². The molecule has 1 aromatic heterocycles. The van der Waals surface area contributed by atoms with E-state index in [-0.39, 0.29) is 12.1 Å². The van der Waals surface area contributed by atoms with Gasteiger partial charge in [-0.1, -0.05) is 5.11 Å². The first kappa shape index (κ1) is 8.29. The number of rotatable bonds is 3. The summed E-state index contributed by atoms with van der Waals surface area (Å²) in [6, 6.07) is 1.36. The molecule has 0 spiro atoms. The van der Waals surface area contributed by atoms with Crippen LogP contribution in [0.3, 0.4) is 0 Å². The third-order valence-electron chi connectivity index (χ3n) is 1.30. The Labute approximate surface area is 68.1 Å². The molecule has 0 atom stereocenters. The highest BCUT2D eigenvalue weighted by molar-refractivity contribution is 4.81. The van der Waals surface area contributed by atoms with Gasteiger partial charge in [0, 0.05) is 30.3 Å². The number of hydrogen-bond donors (Lipinski definition) is 0. The van der Waals surface area contributed by atoms with Crippen molar-refractivity contribution >= 4 is 0 Å². The maximum Gasteiger partial charge on any atom is 0.253 e. The molecule has 12 heavy (non-hydrogen) atoms. The third-order valence-corrected chi connectivity index (χ3v) is 1.30. The lowest BCUT2D eigenvalue weighted by Gasteiger charge is -1.98. The molecule has 1 rings (SSSR count). The molecule has 0 bridgehead atoms. The Hall–Kier alpha value is -1.81. The summed E-state index contributed by atoms with van der Waals surface area (Å²) in [5.41, 5.74) is 7.83. The van der Waals surface area contributed by atoms with Gasteiger partial charge in [-0.15, -0.1) is 0 Å². The second-order valence-corrected chi connectivity index (χ2v) is 2.07. The first-order valence-electron chi connectivity index (χ1n) is 3.36. The van der Waals surface area contributed by atoms with Crippen molar-refractivity contribution in [3.63, 3.8) is 0 Å². The second-order valence-electron chi connectivity index (χ2n) is 2.07. The zero-order chi connectivity index (χ0) is 8.81. The first-order chi connectivity index (χ1) is 5.84. The molecule has 0 saturated carbocycles. The van der Waals surface area contributed by atoms with E-state index in [0.717, 1.165) is 0 Å². The van der Waals surface area contributed by atoms with Crippen LogP contribution < -0.4 is 5.56 Å². The Morgan fingerprint density at radius 2 is 2.58 bits per heavy atom. The molecule has 0 N–H and O–H groups in total. The van der Waals surface area contributed by atoms with Crippen molar-refractivity contribution in [3.8, 4) is 0 Å². The van der Waals surface area contributed by atoms with Gasteiger partial charge in [-0.3, -0.25) is 9.36 Å². The van der Waals surface area contributed by atoms with Crippen molar-refractivity contribution in [2.45, 2.75) is 6.54 Å². The monoisotopic (exact) mass is 165 g/mol. The molecule has 6 nitrogen and oxygen atoms in total. The third kappa shape index (κ3) is 2.10. The summed E-state index contributed by atoms with van der Waals surface area (Å²) < 4.78 is 1.38. The van der Waals surface area contributed by atoms with Crippen LogP contribution in [0.15, 0.2) is 28.5 Å². The van der Waals surface area contributed by atoms with Crippen LogP contribution in [0.2, 0.25) is 0 Å². The summed E-state index contributed by atoms with van der Waals surface area (Å²) in [7, 11) is 0. The van der Waals surface area contributed by atoms with E-state index in [0.29, 0.717) is 6.54 Å². The van der Waals surface area contributed by atoms with Crippen LogP contribution in [0.25, 0.3) is 10.4 Å². The van der Waals surface area contributed by atoms with Gasteiger partial charge in [0.25, 0.3) is 5.56 Å². The molecular weight excluding hydrogens is 158 g/mol. The highest BCUT2D eigenvalue weighted by Crippen LogP contribution is 1.79. The van der Waals surface area contributed by atoms with Gasteiger partial charge < -0.3 is 0 Å². The largest absolute Gasteiger partial charge is 0.299 e. The smallest absolute Gasteiger partial charge is 0.253 e. The SMILES string of the molecule is [N-]=[N+]=NCCn1cnccc1=O. The summed E-state index contributed by atoms with van der Waals surface area (Å²) in [5.74, 6) is 0. The molecule has 6 heteroatoms. The zero-order valence-corrected chi connectivity index (χ0v) is 6.29. The van der Waals surface area contributed by atoms with Crippen molar-refractivity contribution in [2.75, 3.05) is 6.54 Å². The molecule has 0 aliphatic heterocycles. The van der Waals surface area contributed by atoms with E-state index in [9.17, 15) is 4.79 Å². The Kier molecular flexibility index (Phi) is 2.87. The van der Waals surface area contributed by atoms with Gasteiger partial charge in [-0.05, 0) is 5.53 Å². The van der Waals surface area contributed by atoms with Gasteiger partial charge >= 0.3 is 0 Å². The predicted molar refractivity (Wildman–Crippen MR) is 42.5 cm³/mol. The van der Waals surface area contributed by atoms with Gasteiger partial charge in [0.15, 0.2) is 0 Å². The van der Waals surface area contributed by atoms with Crippen molar-refractivity contribution in [1.29, 1.82) is 0 Å². The average molecular weight is 165 g/mol. The summed E-state index contributed by atoms with van der Waals surface area (Å²) in [5, 5.41) is 3.30. The molecule has 0 unspecified atom stereocenters. The van der Waals surface area contributed by atoms with E-state index in [2.05, 4.69) is 15.0 Å². The quantitative estimate of drug-likeness (QED) is 0.372. The predicted octanol–water partition coefficient (Wildman–Crippen LogP) is 0.554. The highest BCUT2D eigenvalue weighted by atomic mass is 16.1. The highest BCUT2D eigenvalue weighted by Gasteiger charge is 1.91. The number of nitrogens with zero attached hydrogens (tertiary/aromatic N) is 5. The molecule has 1 aromatic rings. The van der Waals surface area contributed by atoms with Crippen LogP contribution in [0.1, 0.15) is 0 Å². The van der Waals surface area contributed by atoms with Crippen molar-refractivity contribution in [3.05, 3.63) is 39.4 Å². The van der Waals surface area contributed by atoms with E-state index in [4.69, 9.17) is 5.53 Å². The molecule has 0 radical (unpaired) electrons. The molecule has 1 heterocycles. The van der Waals surface area contributed by atoms with Crippen LogP contribution in [-0.2, 0) is 6.54 Å². The second kappa shape index (κ2) is 4.15. The summed E-state index contributed by atoms with van der Waals surface area (Å²) >= 11 is 0. The van der Waals surface area contributed by atoms with E-state index in [1.807, 2.05) is 0 Å². The molecular formula is C6H7N5O. The number of azide groups is 1. The molecule has 0 aliphatic rings. The number of aromatic nitrogens is 2. The standard InChI is InChI=1S/C6H7N5O/c7-10-9-3-4-11-5-8-2-1-6(11)12/h1-2,5H,3-4H2. The van der Waals surface area contributed by atoms with Gasteiger partial charge in [-0.25, -0.2) is 4.98 Å². The van der Waals surface area contributed by atoms with Crippen LogP contribution in [0.5, 0.6) is 0 Å². The Bertz CT molecular complexity index is 351. The van der Waals surface area contributed by atoms with Crippen molar-refractivity contribution in [2.24, 2.45) is 5.11 Å².